The lowest BCUT2D eigenvalue weighted by atomic mass is 10.1. The third kappa shape index (κ3) is 4.74. The molecule has 1 N–H and O–H groups in total. The van der Waals surface area contributed by atoms with Crippen molar-refractivity contribution in [1.82, 2.24) is 14.6 Å². The van der Waals surface area contributed by atoms with Gasteiger partial charge < -0.3 is 0 Å². The molecule has 0 aromatic carbocycles. The number of nitrogens with one attached hydrogen (secondary N) is 1. The highest BCUT2D eigenvalue weighted by molar-refractivity contribution is 7.90. The lowest BCUT2D eigenvalue weighted by Crippen LogP contribution is -2.36. The van der Waals surface area contributed by atoms with Gasteiger partial charge in [-0.3, -0.25) is 4.90 Å². The van der Waals surface area contributed by atoms with Crippen molar-refractivity contribution in [1.29, 1.82) is 0 Å². The molecule has 1 aliphatic heterocycles. The standard InChI is InChI=1S/C14H25N3O2S2/c1-4-16-21(18,19)13-5-6-17(10-13)9-12-8-15-14(20-12)7-11(2)3/h8,11,13,16H,4-7,9-10H2,1-3H3. The number of thiazole rings is 1. The maximum absolute atomic E-state index is 12.0. The van der Waals surface area contributed by atoms with Gasteiger partial charge in [0, 0.05) is 37.1 Å². The number of nitrogens with zero attached hydrogens (tertiary/aromatic N) is 2. The van der Waals surface area contributed by atoms with Gasteiger partial charge in [-0.15, -0.1) is 11.3 Å². The Morgan fingerprint density at radius 1 is 1.52 bits per heavy atom. The summed E-state index contributed by atoms with van der Waals surface area (Å²) in [5, 5.41) is 0.900. The summed E-state index contributed by atoms with van der Waals surface area (Å²) in [4.78, 5) is 7.90. The first kappa shape index (κ1) is 16.9. The Bertz CT molecular complexity index is 554. The number of rotatable bonds is 7. The molecule has 0 aliphatic carbocycles. The van der Waals surface area contributed by atoms with Crippen LogP contribution in [0.1, 0.15) is 37.1 Å². The van der Waals surface area contributed by atoms with Gasteiger partial charge in [0.15, 0.2) is 0 Å². The van der Waals surface area contributed by atoms with E-state index in [1.807, 2.05) is 13.1 Å². The molecule has 1 saturated heterocycles. The summed E-state index contributed by atoms with van der Waals surface area (Å²) in [7, 11) is -3.15. The van der Waals surface area contributed by atoms with Crippen LogP contribution in [0.3, 0.4) is 0 Å². The van der Waals surface area contributed by atoms with Crippen LogP contribution in [0, 0.1) is 5.92 Å². The molecular formula is C14H25N3O2S2. The van der Waals surface area contributed by atoms with Gasteiger partial charge in [0.2, 0.25) is 10.0 Å². The molecule has 1 unspecified atom stereocenters. The minimum Gasteiger partial charge on any atom is -0.297 e. The molecule has 7 heteroatoms. The topological polar surface area (TPSA) is 62.3 Å². The highest BCUT2D eigenvalue weighted by Gasteiger charge is 2.32. The maximum atomic E-state index is 12.0. The van der Waals surface area contributed by atoms with Crippen LogP contribution in [0.2, 0.25) is 0 Å². The minimum atomic E-state index is -3.15. The van der Waals surface area contributed by atoms with E-state index in [9.17, 15) is 8.42 Å². The molecule has 0 saturated carbocycles. The molecule has 0 spiro atoms. The first-order valence-corrected chi connectivity index (χ1v) is 9.91. The summed E-state index contributed by atoms with van der Waals surface area (Å²) in [5.41, 5.74) is 0. The molecular weight excluding hydrogens is 306 g/mol. The van der Waals surface area contributed by atoms with Crippen LogP contribution in [-0.2, 0) is 23.0 Å². The summed E-state index contributed by atoms with van der Waals surface area (Å²) in [6.07, 6.45) is 3.67. The SMILES string of the molecule is CCNS(=O)(=O)C1CCN(Cc2cnc(CC(C)C)s2)C1. The Hall–Kier alpha value is -0.500. The first-order chi connectivity index (χ1) is 9.90. The lowest BCUT2D eigenvalue weighted by Gasteiger charge is -2.15. The van der Waals surface area contributed by atoms with Crippen molar-refractivity contribution < 1.29 is 8.42 Å². The molecule has 1 aliphatic rings. The molecule has 120 valence electrons. The molecule has 0 bridgehead atoms. The Kier molecular flexibility index (Phi) is 5.76. The van der Waals surface area contributed by atoms with E-state index in [2.05, 4.69) is 28.5 Å². The van der Waals surface area contributed by atoms with Crippen molar-refractivity contribution in [2.24, 2.45) is 5.92 Å². The van der Waals surface area contributed by atoms with Gasteiger partial charge in [0.1, 0.15) is 0 Å². The van der Waals surface area contributed by atoms with E-state index < -0.39 is 10.0 Å². The normalized spacial score (nSPS) is 20.5. The van der Waals surface area contributed by atoms with Crippen molar-refractivity contribution >= 4 is 21.4 Å². The molecule has 2 rings (SSSR count). The lowest BCUT2D eigenvalue weighted by molar-refractivity contribution is 0.334. The smallest absolute Gasteiger partial charge is 0.215 e. The van der Waals surface area contributed by atoms with Crippen LogP contribution in [0.4, 0.5) is 0 Å². The van der Waals surface area contributed by atoms with Crippen LogP contribution in [0.25, 0.3) is 0 Å². The summed E-state index contributed by atoms with van der Waals surface area (Å²) in [5.74, 6) is 0.616. The van der Waals surface area contributed by atoms with Gasteiger partial charge in [0.25, 0.3) is 0 Å². The molecule has 1 aromatic rings. The Labute approximate surface area is 131 Å². The van der Waals surface area contributed by atoms with E-state index in [-0.39, 0.29) is 5.25 Å². The fraction of sp³-hybridized carbons (Fsp3) is 0.786. The molecule has 0 radical (unpaired) electrons. The quantitative estimate of drug-likeness (QED) is 0.828. The zero-order chi connectivity index (χ0) is 15.5. The van der Waals surface area contributed by atoms with Crippen LogP contribution in [0.5, 0.6) is 0 Å². The number of hydrogen-bond acceptors (Lipinski definition) is 5. The second kappa shape index (κ2) is 7.17. The van der Waals surface area contributed by atoms with Gasteiger partial charge >= 0.3 is 0 Å². The number of sulfonamides is 1. The van der Waals surface area contributed by atoms with E-state index in [1.165, 1.54) is 9.88 Å². The minimum absolute atomic E-state index is 0.277. The van der Waals surface area contributed by atoms with Crippen LogP contribution >= 0.6 is 11.3 Å². The number of hydrogen-bond donors (Lipinski definition) is 1. The van der Waals surface area contributed by atoms with Crippen molar-refractivity contribution in [3.63, 3.8) is 0 Å². The van der Waals surface area contributed by atoms with Gasteiger partial charge in [0.05, 0.1) is 10.3 Å². The second-order valence-corrected chi connectivity index (χ2v) is 9.25. The summed E-state index contributed by atoms with van der Waals surface area (Å²) in [6.45, 7) is 8.94. The molecule has 2 heterocycles. The predicted molar refractivity (Wildman–Crippen MR) is 86.9 cm³/mol. The molecule has 1 atom stereocenters. The zero-order valence-electron chi connectivity index (χ0n) is 13.0. The fourth-order valence-electron chi connectivity index (χ4n) is 2.60. The van der Waals surface area contributed by atoms with E-state index >= 15 is 0 Å². The van der Waals surface area contributed by atoms with Crippen LogP contribution < -0.4 is 4.72 Å². The van der Waals surface area contributed by atoms with Gasteiger partial charge in [-0.25, -0.2) is 18.1 Å². The number of likely N-dealkylation sites (tertiary alicyclic amines) is 1. The summed E-state index contributed by atoms with van der Waals surface area (Å²) in [6, 6.07) is 0. The molecule has 1 aromatic heterocycles. The van der Waals surface area contributed by atoms with E-state index in [0.717, 1.165) is 19.5 Å². The Balaban J connectivity index is 1.89. The van der Waals surface area contributed by atoms with Gasteiger partial charge in [-0.05, 0) is 18.9 Å². The Morgan fingerprint density at radius 2 is 2.29 bits per heavy atom. The Morgan fingerprint density at radius 3 is 2.95 bits per heavy atom. The largest absolute Gasteiger partial charge is 0.297 e. The van der Waals surface area contributed by atoms with E-state index in [0.29, 0.717) is 25.4 Å². The van der Waals surface area contributed by atoms with E-state index in [1.54, 1.807) is 11.3 Å². The molecule has 1 fully saturated rings. The van der Waals surface area contributed by atoms with Crippen LogP contribution in [-0.4, -0.2) is 43.2 Å². The molecule has 5 nitrogen and oxygen atoms in total. The highest BCUT2D eigenvalue weighted by atomic mass is 32.2. The first-order valence-electron chi connectivity index (χ1n) is 7.55. The van der Waals surface area contributed by atoms with Crippen molar-refractivity contribution in [2.45, 2.75) is 45.4 Å². The van der Waals surface area contributed by atoms with Crippen molar-refractivity contribution in [3.8, 4) is 0 Å². The average Bonchev–Trinajstić information content (AvgIpc) is 2.99. The third-order valence-corrected chi connectivity index (χ3v) is 6.54. The predicted octanol–water partition coefficient (Wildman–Crippen LogP) is 1.86. The average molecular weight is 332 g/mol. The zero-order valence-corrected chi connectivity index (χ0v) is 14.6. The fourth-order valence-corrected chi connectivity index (χ4v) is 5.24. The van der Waals surface area contributed by atoms with Gasteiger partial charge in [-0.1, -0.05) is 20.8 Å². The van der Waals surface area contributed by atoms with Crippen molar-refractivity contribution in [2.75, 3.05) is 19.6 Å². The maximum Gasteiger partial charge on any atom is 0.215 e. The highest BCUT2D eigenvalue weighted by Crippen LogP contribution is 2.22. The third-order valence-electron chi connectivity index (χ3n) is 3.58. The monoisotopic (exact) mass is 331 g/mol. The molecule has 0 amide bonds. The summed E-state index contributed by atoms with van der Waals surface area (Å²) >= 11 is 1.75. The number of aromatic nitrogens is 1. The molecule has 21 heavy (non-hydrogen) atoms. The summed E-state index contributed by atoms with van der Waals surface area (Å²) < 4.78 is 26.6. The van der Waals surface area contributed by atoms with Crippen LogP contribution in [0.15, 0.2) is 6.20 Å². The second-order valence-electron chi connectivity index (χ2n) is 6.01. The van der Waals surface area contributed by atoms with Gasteiger partial charge in [-0.2, -0.15) is 0 Å². The van der Waals surface area contributed by atoms with Crippen molar-refractivity contribution in [3.05, 3.63) is 16.1 Å². The van der Waals surface area contributed by atoms with E-state index in [4.69, 9.17) is 0 Å².